The van der Waals surface area contributed by atoms with Crippen molar-refractivity contribution in [3.63, 3.8) is 0 Å². The molecule has 0 unspecified atom stereocenters. The first-order chi connectivity index (χ1) is 8.99. The topological polar surface area (TPSA) is 75.3 Å². The number of hydrogen-bond donors (Lipinski definition) is 3. The van der Waals surface area contributed by atoms with Crippen LogP contribution in [0, 0.1) is 6.92 Å². The Kier molecular flexibility index (Phi) is 3.62. The monoisotopic (exact) mass is 276 g/mol. The Morgan fingerprint density at radius 2 is 2.05 bits per heavy atom. The number of carboxylic acid groups (broad SMARTS) is 1. The predicted octanol–water partition coefficient (Wildman–Crippen LogP) is 3.67. The first-order valence-electron chi connectivity index (χ1n) is 5.64. The molecule has 19 heavy (non-hydrogen) atoms. The van der Waals surface area contributed by atoms with E-state index in [0.29, 0.717) is 16.4 Å². The van der Waals surface area contributed by atoms with Gasteiger partial charge in [0.25, 0.3) is 0 Å². The summed E-state index contributed by atoms with van der Waals surface area (Å²) in [6, 6.07) is 10.1. The van der Waals surface area contributed by atoms with Gasteiger partial charge in [0, 0.05) is 10.7 Å². The van der Waals surface area contributed by atoms with Gasteiger partial charge in [-0.2, -0.15) is 0 Å². The molecule has 5 heteroatoms. The first kappa shape index (κ1) is 13.2. The lowest BCUT2D eigenvalue weighted by Crippen LogP contribution is -2.06. The fourth-order valence-electron chi connectivity index (χ4n) is 1.75. The molecule has 2 aromatic carbocycles. The van der Waals surface area contributed by atoms with E-state index in [1.54, 1.807) is 24.3 Å². The number of aromatic carboxylic acids is 1. The first-order valence-corrected chi connectivity index (χ1v) is 6.02. The van der Waals surface area contributed by atoms with Crippen molar-refractivity contribution in [3.05, 3.63) is 52.5 Å². The highest BCUT2D eigenvalue weighted by Crippen LogP contribution is 2.30. The van der Waals surface area contributed by atoms with E-state index in [1.807, 2.05) is 13.0 Å². The average molecular weight is 277 g/mol. The molecule has 0 saturated carbocycles. The molecule has 0 radical (unpaired) electrons. The number of nitrogens with one attached hydrogen (secondary N) is 1. The minimum absolute atomic E-state index is 0.124. The third kappa shape index (κ3) is 2.80. The number of para-hydroxylation sites is 1. The Hall–Kier alpha value is -2.20. The zero-order valence-corrected chi connectivity index (χ0v) is 11.0. The van der Waals surface area contributed by atoms with Gasteiger partial charge in [-0.25, -0.2) is 4.79 Å². The second-order valence-corrected chi connectivity index (χ2v) is 4.60. The average Bonchev–Trinajstić information content (AvgIpc) is 2.35. The summed E-state index contributed by atoms with van der Waals surface area (Å²) in [5, 5.41) is 12.8. The molecule has 0 aliphatic rings. The lowest BCUT2D eigenvalue weighted by molar-refractivity contribution is 0.0698. The molecule has 2 aromatic rings. The van der Waals surface area contributed by atoms with Gasteiger partial charge >= 0.3 is 5.97 Å². The molecule has 0 fully saturated rings. The van der Waals surface area contributed by atoms with Gasteiger partial charge in [0.05, 0.1) is 16.9 Å². The van der Waals surface area contributed by atoms with Crippen molar-refractivity contribution in [1.29, 1.82) is 0 Å². The minimum atomic E-state index is -1.03. The van der Waals surface area contributed by atoms with Crippen molar-refractivity contribution in [2.45, 2.75) is 6.92 Å². The van der Waals surface area contributed by atoms with Crippen molar-refractivity contribution in [2.75, 3.05) is 11.1 Å². The Morgan fingerprint density at radius 3 is 2.74 bits per heavy atom. The lowest BCUT2D eigenvalue weighted by atomic mass is 10.1. The van der Waals surface area contributed by atoms with Crippen LogP contribution in [0.3, 0.4) is 0 Å². The number of rotatable bonds is 3. The lowest BCUT2D eigenvalue weighted by Gasteiger charge is -2.14. The van der Waals surface area contributed by atoms with Crippen molar-refractivity contribution in [3.8, 4) is 0 Å². The Labute approximate surface area is 115 Å². The van der Waals surface area contributed by atoms with Crippen LogP contribution < -0.4 is 11.1 Å². The van der Waals surface area contributed by atoms with Crippen molar-refractivity contribution in [1.82, 2.24) is 0 Å². The number of carboxylic acids is 1. The van der Waals surface area contributed by atoms with Gasteiger partial charge in [-0.05, 0) is 36.8 Å². The number of carbonyl (C=O) groups is 1. The van der Waals surface area contributed by atoms with E-state index >= 15 is 0 Å². The van der Waals surface area contributed by atoms with Gasteiger partial charge in [0.15, 0.2) is 0 Å². The maximum absolute atomic E-state index is 11.2. The minimum Gasteiger partial charge on any atom is -0.478 e. The van der Waals surface area contributed by atoms with Crippen molar-refractivity contribution in [2.24, 2.45) is 0 Å². The Bertz CT molecular complexity index is 641. The number of anilines is 3. The van der Waals surface area contributed by atoms with E-state index in [2.05, 4.69) is 5.32 Å². The van der Waals surface area contributed by atoms with Crippen LogP contribution in [0.15, 0.2) is 36.4 Å². The number of halogens is 1. The van der Waals surface area contributed by atoms with Crippen LogP contribution in [0.5, 0.6) is 0 Å². The Morgan fingerprint density at radius 1 is 1.32 bits per heavy atom. The SMILES string of the molecule is Cc1ccc(Cl)cc1Nc1c(N)cccc1C(=O)O. The highest BCUT2D eigenvalue weighted by Gasteiger charge is 2.13. The van der Waals surface area contributed by atoms with Gasteiger partial charge in [0.2, 0.25) is 0 Å². The van der Waals surface area contributed by atoms with Gasteiger partial charge in [-0.15, -0.1) is 0 Å². The molecular weight excluding hydrogens is 264 g/mol. The fraction of sp³-hybridized carbons (Fsp3) is 0.0714. The van der Waals surface area contributed by atoms with E-state index in [4.69, 9.17) is 17.3 Å². The molecule has 98 valence electrons. The third-order valence-corrected chi connectivity index (χ3v) is 3.02. The molecule has 0 bridgehead atoms. The maximum atomic E-state index is 11.2. The molecule has 0 spiro atoms. The molecule has 2 rings (SSSR count). The van der Waals surface area contributed by atoms with Gasteiger partial charge in [-0.3, -0.25) is 0 Å². The third-order valence-electron chi connectivity index (χ3n) is 2.79. The largest absolute Gasteiger partial charge is 0.478 e. The van der Waals surface area contributed by atoms with Crippen LogP contribution in [-0.4, -0.2) is 11.1 Å². The quantitative estimate of drug-likeness (QED) is 0.748. The number of nitrogen functional groups attached to an aromatic ring is 1. The molecule has 0 atom stereocenters. The predicted molar refractivity (Wildman–Crippen MR) is 77.3 cm³/mol. The van der Waals surface area contributed by atoms with Gasteiger partial charge < -0.3 is 16.2 Å². The summed E-state index contributed by atoms with van der Waals surface area (Å²) >= 11 is 5.94. The molecule has 0 saturated heterocycles. The fourth-order valence-corrected chi connectivity index (χ4v) is 1.92. The summed E-state index contributed by atoms with van der Waals surface area (Å²) in [7, 11) is 0. The Balaban J connectivity index is 2.49. The summed E-state index contributed by atoms with van der Waals surface area (Å²) in [6.45, 7) is 1.90. The van der Waals surface area contributed by atoms with Gasteiger partial charge in [0.1, 0.15) is 0 Å². The smallest absolute Gasteiger partial charge is 0.337 e. The second kappa shape index (κ2) is 5.20. The number of nitrogens with two attached hydrogens (primary N) is 1. The highest BCUT2D eigenvalue weighted by atomic mass is 35.5. The number of hydrogen-bond acceptors (Lipinski definition) is 3. The zero-order chi connectivity index (χ0) is 14.0. The summed E-state index contributed by atoms with van der Waals surface area (Å²) in [5.74, 6) is -1.03. The summed E-state index contributed by atoms with van der Waals surface area (Å²) in [6.07, 6.45) is 0. The molecule has 0 aromatic heterocycles. The van der Waals surface area contributed by atoms with E-state index in [1.165, 1.54) is 6.07 Å². The van der Waals surface area contributed by atoms with E-state index in [-0.39, 0.29) is 5.56 Å². The number of benzene rings is 2. The molecule has 0 amide bonds. The number of aryl methyl sites for hydroxylation is 1. The standard InChI is InChI=1S/C14H13ClN2O2/c1-8-5-6-9(15)7-12(8)17-13-10(14(18)19)3-2-4-11(13)16/h2-7,17H,16H2,1H3,(H,18,19). The summed E-state index contributed by atoms with van der Waals surface area (Å²) < 4.78 is 0. The van der Waals surface area contributed by atoms with Crippen molar-refractivity contribution >= 4 is 34.6 Å². The van der Waals surface area contributed by atoms with E-state index in [9.17, 15) is 9.90 Å². The normalized spacial score (nSPS) is 10.2. The van der Waals surface area contributed by atoms with Crippen LogP contribution in [0.4, 0.5) is 17.1 Å². The molecule has 4 N–H and O–H groups in total. The summed E-state index contributed by atoms with van der Waals surface area (Å²) in [5.41, 5.74) is 8.39. The molecule has 4 nitrogen and oxygen atoms in total. The maximum Gasteiger partial charge on any atom is 0.337 e. The van der Waals surface area contributed by atoms with Crippen LogP contribution in [0.2, 0.25) is 5.02 Å². The van der Waals surface area contributed by atoms with Crippen LogP contribution in [0.1, 0.15) is 15.9 Å². The molecule has 0 aliphatic carbocycles. The summed E-state index contributed by atoms with van der Waals surface area (Å²) in [4.78, 5) is 11.2. The van der Waals surface area contributed by atoms with Crippen LogP contribution in [-0.2, 0) is 0 Å². The van der Waals surface area contributed by atoms with Gasteiger partial charge in [-0.1, -0.05) is 23.7 Å². The second-order valence-electron chi connectivity index (χ2n) is 4.16. The van der Waals surface area contributed by atoms with Crippen molar-refractivity contribution < 1.29 is 9.90 Å². The zero-order valence-electron chi connectivity index (χ0n) is 10.3. The van der Waals surface area contributed by atoms with Crippen LogP contribution in [0.25, 0.3) is 0 Å². The molecule has 0 heterocycles. The molecular formula is C14H13ClN2O2. The molecule has 0 aliphatic heterocycles. The highest BCUT2D eigenvalue weighted by molar-refractivity contribution is 6.30. The van der Waals surface area contributed by atoms with E-state index in [0.717, 1.165) is 11.3 Å². The van der Waals surface area contributed by atoms with Crippen LogP contribution >= 0.6 is 11.6 Å². The van der Waals surface area contributed by atoms with E-state index < -0.39 is 5.97 Å².